The number of carbonyl (C=O) groups excluding carboxylic acids is 1. The lowest BCUT2D eigenvalue weighted by Gasteiger charge is -2.08. The van der Waals surface area contributed by atoms with E-state index in [9.17, 15) is 22.4 Å². The Morgan fingerprint density at radius 3 is 2.67 bits per heavy atom. The second-order valence-corrected chi connectivity index (χ2v) is 4.08. The Morgan fingerprint density at radius 1 is 1.33 bits per heavy atom. The molecule has 0 aliphatic heterocycles. The maximum absolute atomic E-state index is 13.7. The molecule has 0 spiro atoms. The van der Waals surface area contributed by atoms with Gasteiger partial charge in [0.05, 0.1) is 17.9 Å². The summed E-state index contributed by atoms with van der Waals surface area (Å²) in [6.45, 7) is 1.73. The average Bonchev–Trinajstić information content (AvgIpc) is 2.87. The molecule has 0 aliphatic rings. The number of esters is 1. The summed E-state index contributed by atoms with van der Waals surface area (Å²) >= 11 is 0. The Hall–Kier alpha value is -2.38. The van der Waals surface area contributed by atoms with E-state index in [2.05, 4.69) is 10.2 Å². The van der Waals surface area contributed by atoms with Gasteiger partial charge in [0.15, 0.2) is 0 Å². The van der Waals surface area contributed by atoms with Crippen LogP contribution in [0.15, 0.2) is 24.3 Å². The molecule has 0 atom stereocenters. The molecule has 0 fully saturated rings. The first-order valence-electron chi connectivity index (χ1n) is 5.92. The first-order chi connectivity index (χ1) is 9.82. The van der Waals surface area contributed by atoms with Crippen LogP contribution >= 0.6 is 0 Å². The van der Waals surface area contributed by atoms with Crippen molar-refractivity contribution in [3.05, 3.63) is 41.3 Å². The highest BCUT2D eigenvalue weighted by atomic mass is 19.4. The summed E-state index contributed by atoms with van der Waals surface area (Å²) in [5, 5.41) is 5.94. The predicted octanol–water partition coefficient (Wildman–Crippen LogP) is 3.41. The van der Waals surface area contributed by atoms with Crippen molar-refractivity contribution in [1.29, 1.82) is 0 Å². The number of rotatable bonds is 3. The lowest BCUT2D eigenvalue weighted by Crippen LogP contribution is -2.05. The van der Waals surface area contributed by atoms with Crippen LogP contribution in [0.5, 0.6) is 0 Å². The highest BCUT2D eigenvalue weighted by molar-refractivity contribution is 5.88. The van der Waals surface area contributed by atoms with E-state index < -0.39 is 23.5 Å². The third-order valence-corrected chi connectivity index (χ3v) is 2.64. The monoisotopic (exact) mass is 302 g/mol. The van der Waals surface area contributed by atoms with Crippen molar-refractivity contribution in [2.75, 3.05) is 6.61 Å². The lowest BCUT2D eigenvalue weighted by molar-refractivity contribution is -0.137. The van der Waals surface area contributed by atoms with Gasteiger partial charge < -0.3 is 4.74 Å². The molecule has 0 bridgehead atoms. The summed E-state index contributed by atoms with van der Waals surface area (Å²) in [7, 11) is 0. The maximum Gasteiger partial charge on any atom is 0.416 e. The molecule has 21 heavy (non-hydrogen) atoms. The van der Waals surface area contributed by atoms with Gasteiger partial charge in [-0.2, -0.15) is 18.3 Å². The van der Waals surface area contributed by atoms with Crippen LogP contribution in [-0.2, 0) is 10.9 Å². The van der Waals surface area contributed by atoms with Crippen LogP contribution in [0.4, 0.5) is 17.6 Å². The Balaban J connectivity index is 2.40. The Morgan fingerprint density at radius 2 is 2.05 bits per heavy atom. The van der Waals surface area contributed by atoms with Gasteiger partial charge in [0, 0.05) is 5.56 Å². The van der Waals surface area contributed by atoms with E-state index in [1.54, 1.807) is 6.92 Å². The molecule has 0 radical (unpaired) electrons. The molecule has 2 aromatic rings. The van der Waals surface area contributed by atoms with Crippen LogP contribution < -0.4 is 0 Å². The Labute approximate surface area is 116 Å². The number of alkyl halides is 3. The van der Waals surface area contributed by atoms with E-state index >= 15 is 0 Å². The number of hydrogen-bond donors (Lipinski definition) is 1. The summed E-state index contributed by atoms with van der Waals surface area (Å²) < 4.78 is 56.2. The standard InChI is InChI=1S/C13H10F4N2O2/c1-2-21-12(20)11-6-10(18-19-11)8-5-7(13(15,16)17)3-4-9(8)14/h3-6H,2H2,1H3,(H,18,19). The molecule has 0 amide bonds. The summed E-state index contributed by atoms with van der Waals surface area (Å²) in [6, 6.07) is 3.12. The third kappa shape index (κ3) is 3.21. The van der Waals surface area contributed by atoms with E-state index in [-0.39, 0.29) is 23.6 Å². The van der Waals surface area contributed by atoms with Gasteiger partial charge in [-0.05, 0) is 31.2 Å². The minimum atomic E-state index is -4.59. The third-order valence-electron chi connectivity index (χ3n) is 2.64. The number of halogens is 4. The van der Waals surface area contributed by atoms with Crippen molar-refractivity contribution < 1.29 is 27.1 Å². The molecule has 2 rings (SSSR count). The second kappa shape index (κ2) is 5.55. The molecule has 0 saturated heterocycles. The summed E-state index contributed by atoms with van der Waals surface area (Å²) in [4.78, 5) is 11.4. The number of aromatic amines is 1. The number of aromatic nitrogens is 2. The molecule has 0 unspecified atom stereocenters. The quantitative estimate of drug-likeness (QED) is 0.698. The number of hydrogen-bond acceptors (Lipinski definition) is 3. The summed E-state index contributed by atoms with van der Waals surface area (Å²) in [5.74, 6) is -1.59. The van der Waals surface area contributed by atoms with Crippen LogP contribution in [0.3, 0.4) is 0 Å². The van der Waals surface area contributed by atoms with E-state index in [1.165, 1.54) is 0 Å². The van der Waals surface area contributed by atoms with Crippen LogP contribution in [0.25, 0.3) is 11.3 Å². The molecule has 1 N–H and O–H groups in total. The van der Waals surface area contributed by atoms with E-state index in [0.717, 1.165) is 6.07 Å². The average molecular weight is 302 g/mol. The molecule has 0 saturated carbocycles. The van der Waals surface area contributed by atoms with Crippen LogP contribution in [0.2, 0.25) is 0 Å². The number of ether oxygens (including phenoxy) is 1. The molecule has 0 aliphatic carbocycles. The predicted molar refractivity (Wildman–Crippen MR) is 64.9 cm³/mol. The van der Waals surface area contributed by atoms with Gasteiger partial charge in [-0.25, -0.2) is 9.18 Å². The van der Waals surface area contributed by atoms with Crippen LogP contribution in [-0.4, -0.2) is 22.8 Å². The van der Waals surface area contributed by atoms with Crippen LogP contribution in [0, 0.1) is 5.82 Å². The minimum Gasteiger partial charge on any atom is -0.461 e. The number of carbonyl (C=O) groups is 1. The molecule has 1 aromatic heterocycles. The van der Waals surface area contributed by atoms with Gasteiger partial charge in [-0.1, -0.05) is 0 Å². The van der Waals surface area contributed by atoms with Crippen LogP contribution in [0.1, 0.15) is 23.0 Å². The van der Waals surface area contributed by atoms with Gasteiger partial charge in [0.2, 0.25) is 0 Å². The molecule has 1 aromatic carbocycles. The van der Waals surface area contributed by atoms with Gasteiger partial charge >= 0.3 is 12.1 Å². The fraction of sp³-hybridized carbons (Fsp3) is 0.231. The lowest BCUT2D eigenvalue weighted by atomic mass is 10.1. The fourth-order valence-corrected chi connectivity index (χ4v) is 1.67. The largest absolute Gasteiger partial charge is 0.461 e. The van der Waals surface area contributed by atoms with Crippen molar-refractivity contribution >= 4 is 5.97 Å². The topological polar surface area (TPSA) is 55.0 Å². The van der Waals surface area contributed by atoms with Gasteiger partial charge in [0.25, 0.3) is 0 Å². The van der Waals surface area contributed by atoms with Crippen molar-refractivity contribution in [1.82, 2.24) is 10.2 Å². The summed E-state index contributed by atoms with van der Waals surface area (Å²) in [6.07, 6.45) is -4.59. The molecule has 1 heterocycles. The van der Waals surface area contributed by atoms with Crippen molar-refractivity contribution in [3.8, 4) is 11.3 Å². The zero-order chi connectivity index (χ0) is 15.6. The first kappa shape index (κ1) is 15.0. The van der Waals surface area contributed by atoms with Crippen molar-refractivity contribution in [3.63, 3.8) is 0 Å². The minimum absolute atomic E-state index is 0.0661. The fourth-order valence-electron chi connectivity index (χ4n) is 1.67. The van der Waals surface area contributed by atoms with Crippen molar-refractivity contribution in [2.45, 2.75) is 13.1 Å². The van der Waals surface area contributed by atoms with E-state index in [0.29, 0.717) is 18.2 Å². The first-order valence-corrected chi connectivity index (χ1v) is 5.92. The van der Waals surface area contributed by atoms with Gasteiger partial charge in [0.1, 0.15) is 11.5 Å². The van der Waals surface area contributed by atoms with E-state index in [1.807, 2.05) is 0 Å². The SMILES string of the molecule is CCOC(=O)c1cc(-c2cc(C(F)(F)F)ccc2F)n[nH]1. The normalized spacial score (nSPS) is 11.5. The maximum atomic E-state index is 13.7. The van der Waals surface area contributed by atoms with Gasteiger partial charge in [-0.3, -0.25) is 5.10 Å². The van der Waals surface area contributed by atoms with Gasteiger partial charge in [-0.15, -0.1) is 0 Å². The zero-order valence-corrected chi connectivity index (χ0v) is 10.8. The Bertz CT molecular complexity index is 664. The molecule has 4 nitrogen and oxygen atoms in total. The molecular weight excluding hydrogens is 292 g/mol. The number of nitrogens with zero attached hydrogens (tertiary/aromatic N) is 1. The molecular formula is C13H10F4N2O2. The zero-order valence-electron chi connectivity index (χ0n) is 10.8. The molecule has 112 valence electrons. The second-order valence-electron chi connectivity index (χ2n) is 4.08. The molecule has 8 heteroatoms. The summed E-state index contributed by atoms with van der Waals surface area (Å²) in [5.41, 5.74) is -1.53. The Kier molecular flexibility index (Phi) is 3.97. The van der Waals surface area contributed by atoms with E-state index in [4.69, 9.17) is 4.74 Å². The van der Waals surface area contributed by atoms with Crippen molar-refractivity contribution in [2.24, 2.45) is 0 Å². The number of benzene rings is 1. The highest BCUT2D eigenvalue weighted by Crippen LogP contribution is 2.33. The highest BCUT2D eigenvalue weighted by Gasteiger charge is 2.31. The number of H-pyrrole nitrogens is 1. The number of nitrogens with one attached hydrogen (secondary N) is 1. The smallest absolute Gasteiger partial charge is 0.416 e.